The number of nitrogens with two attached hydrogens (primary N) is 7. The minimum atomic E-state index is -1.06. The average Bonchev–Trinajstić information content (AvgIpc) is 3.04. The zero-order valence-electron chi connectivity index (χ0n) is 29.9. The Balaban J connectivity index is -0.000000182. The van der Waals surface area contributed by atoms with Crippen LogP contribution in [0.2, 0.25) is 0 Å². The zero-order chi connectivity index (χ0) is 42.0. The lowest BCUT2D eigenvalue weighted by molar-refractivity contribution is -0.142. The number of carbonyl (C=O) groups is 6. The summed E-state index contributed by atoms with van der Waals surface area (Å²) in [6.07, 6.45) is 3.95. The van der Waals surface area contributed by atoms with Crippen LogP contribution in [0.1, 0.15) is 65.7 Å². The normalized spacial score (nSPS) is 12.6. The number of hydrogen-bond donors (Lipinski definition) is 18. The van der Waals surface area contributed by atoms with Crippen LogP contribution in [0.3, 0.4) is 0 Å². The maximum atomic E-state index is 10.7. The molecule has 0 aromatic rings. The maximum Gasteiger partial charge on any atom is 0.326 e. The van der Waals surface area contributed by atoms with Gasteiger partial charge in [0.25, 0.3) is 0 Å². The van der Waals surface area contributed by atoms with Crippen LogP contribution >= 0.6 is 12.6 Å². The summed E-state index contributed by atoms with van der Waals surface area (Å²) in [6, 6.07) is -3.94. The van der Waals surface area contributed by atoms with Crippen molar-refractivity contribution in [2.75, 3.05) is 25.4 Å². The molecule has 5 unspecified atom stereocenters. The second kappa shape index (κ2) is 36.3. The molecule has 0 bridgehead atoms. The number of unbranched alkanes of at least 4 members (excludes halogenated alkanes) is 1. The van der Waals surface area contributed by atoms with Crippen molar-refractivity contribution in [2.24, 2.45) is 46.1 Å². The Morgan fingerprint density at radius 1 is 0.635 bits per heavy atom. The third kappa shape index (κ3) is 45.5. The summed E-state index contributed by atoms with van der Waals surface area (Å²) >= 11 is 3.65. The highest BCUT2D eigenvalue weighted by molar-refractivity contribution is 7.80. The van der Waals surface area contributed by atoms with Gasteiger partial charge in [0, 0.05) is 25.8 Å². The minimum Gasteiger partial charge on any atom is -0.480 e. The van der Waals surface area contributed by atoms with E-state index in [1.54, 1.807) is 13.8 Å². The third-order valence-electron chi connectivity index (χ3n) is 5.79. The SMILES string of the molecule is CC(=O)NC(CCCNC(=N)N)C(=O)O.CC(C)C(N)C(=O)O.N=C(N)NCCCC(N)C(=O)O.NC(CS)C(=O)O.NCCCCC(N)C(=O)O. The van der Waals surface area contributed by atoms with Gasteiger partial charge >= 0.3 is 29.8 Å². The molecule has 0 aliphatic rings. The van der Waals surface area contributed by atoms with E-state index in [2.05, 4.69) is 28.6 Å². The highest BCUT2D eigenvalue weighted by Gasteiger charge is 2.17. The van der Waals surface area contributed by atoms with Crippen molar-refractivity contribution in [3.63, 3.8) is 0 Å². The largest absolute Gasteiger partial charge is 0.480 e. The van der Waals surface area contributed by atoms with Crippen LogP contribution in [-0.2, 0) is 28.8 Å². The molecule has 1 amide bonds. The molecule has 52 heavy (non-hydrogen) atoms. The number of hydrogen-bond acceptors (Lipinski definition) is 14. The first-order valence-corrected chi connectivity index (χ1v) is 16.4. The Bertz CT molecular complexity index is 1060. The summed E-state index contributed by atoms with van der Waals surface area (Å²) in [4.78, 5) is 61.4. The Hall–Kier alpha value is -4.49. The van der Waals surface area contributed by atoms with Gasteiger partial charge in [-0.05, 0) is 51.0 Å². The number of carbonyl (C=O) groups excluding carboxylic acids is 1. The predicted octanol–water partition coefficient (Wildman–Crippen LogP) is -3.59. The Morgan fingerprint density at radius 3 is 1.25 bits per heavy atom. The molecular weight excluding hydrogens is 712 g/mol. The standard InChI is InChI=1S/C8H16N4O3.C6H14N4O2.C6H14N2O2.C5H11NO2.C3H7NO2S/c1-5(13)12-6(7(14)15)3-2-4-11-8(9)10;7-4(5(11)12)2-1-3-10-6(8)9;7-4-2-1-3-5(8)6(9)10;1-3(2)4(6)5(7)8;4-2(1-7)3(5)6/h6H,2-4H2,1H3,(H,12,13)(H,14,15)(H4,9,10,11);4H,1-3,7H2,(H,11,12)(H4,8,9,10);5H,1-4,7-8H2,(H,9,10);3-4H,6H2,1-2H3,(H,7,8);2,7H,1,4H2,(H,5,6). The van der Waals surface area contributed by atoms with Crippen molar-refractivity contribution in [1.82, 2.24) is 16.0 Å². The van der Waals surface area contributed by atoms with E-state index >= 15 is 0 Å². The second-order valence-electron chi connectivity index (χ2n) is 11.0. The summed E-state index contributed by atoms with van der Waals surface area (Å²) in [7, 11) is 0. The van der Waals surface area contributed by atoms with E-state index in [4.69, 9.17) is 76.5 Å². The molecule has 24 N–H and O–H groups in total. The van der Waals surface area contributed by atoms with Crippen LogP contribution < -0.4 is 56.1 Å². The predicted molar refractivity (Wildman–Crippen MR) is 198 cm³/mol. The Kier molecular flexibility index (Phi) is 39.7. The molecule has 5 atom stereocenters. The number of rotatable bonds is 20. The first-order chi connectivity index (χ1) is 23.9. The van der Waals surface area contributed by atoms with E-state index in [0.29, 0.717) is 51.7 Å². The molecule has 23 nitrogen and oxygen atoms in total. The number of nitrogens with one attached hydrogen (secondary N) is 5. The number of guanidine groups is 2. The van der Waals surface area contributed by atoms with Crippen molar-refractivity contribution >= 4 is 60.3 Å². The molecule has 0 aliphatic carbocycles. The summed E-state index contributed by atoms with van der Waals surface area (Å²) in [5.74, 6) is -5.36. The van der Waals surface area contributed by atoms with Gasteiger partial charge in [0.05, 0.1) is 0 Å². The van der Waals surface area contributed by atoms with E-state index in [9.17, 15) is 28.8 Å². The van der Waals surface area contributed by atoms with Crippen molar-refractivity contribution in [1.29, 1.82) is 10.8 Å². The van der Waals surface area contributed by atoms with Gasteiger partial charge in [-0.1, -0.05) is 20.3 Å². The number of carboxylic acid groups (broad SMARTS) is 5. The van der Waals surface area contributed by atoms with E-state index in [1.807, 2.05) is 0 Å². The zero-order valence-corrected chi connectivity index (χ0v) is 30.8. The molecule has 306 valence electrons. The lowest BCUT2D eigenvalue weighted by atomic mass is 10.1. The van der Waals surface area contributed by atoms with Gasteiger partial charge in [-0.3, -0.25) is 34.8 Å². The van der Waals surface area contributed by atoms with Gasteiger partial charge in [-0.15, -0.1) is 0 Å². The lowest BCUT2D eigenvalue weighted by Gasteiger charge is -2.12. The molecule has 0 spiro atoms. The second-order valence-corrected chi connectivity index (χ2v) is 11.3. The number of carboxylic acids is 5. The van der Waals surface area contributed by atoms with Gasteiger partial charge in [-0.2, -0.15) is 12.6 Å². The first-order valence-electron chi connectivity index (χ1n) is 15.8. The molecule has 24 heteroatoms. The third-order valence-corrected chi connectivity index (χ3v) is 6.18. The van der Waals surface area contributed by atoms with Crippen LogP contribution in [0.15, 0.2) is 0 Å². The molecule has 0 aliphatic heterocycles. The summed E-state index contributed by atoms with van der Waals surface area (Å²) in [5, 5.41) is 62.7. The van der Waals surface area contributed by atoms with Crippen LogP contribution in [0.5, 0.6) is 0 Å². The average molecular weight is 775 g/mol. The Morgan fingerprint density at radius 2 is 1.02 bits per heavy atom. The van der Waals surface area contributed by atoms with Gasteiger partial charge in [0.1, 0.15) is 30.2 Å². The number of amides is 1. The molecule has 0 saturated heterocycles. The fourth-order valence-corrected chi connectivity index (χ4v) is 2.85. The van der Waals surface area contributed by atoms with E-state index in [1.165, 1.54) is 6.92 Å². The van der Waals surface area contributed by atoms with Crippen molar-refractivity contribution in [3.05, 3.63) is 0 Å². The summed E-state index contributed by atoms with van der Waals surface area (Å²) < 4.78 is 0. The Labute approximate surface area is 308 Å². The molecule has 0 aromatic heterocycles. The van der Waals surface area contributed by atoms with E-state index in [-0.39, 0.29) is 29.5 Å². The first kappa shape index (κ1) is 56.9. The molecule has 0 rings (SSSR count). The van der Waals surface area contributed by atoms with Crippen molar-refractivity contribution in [3.8, 4) is 0 Å². The van der Waals surface area contributed by atoms with Crippen LogP contribution in [0.25, 0.3) is 0 Å². The lowest BCUT2D eigenvalue weighted by Crippen LogP contribution is -2.40. The number of aliphatic carboxylic acids is 5. The fraction of sp³-hybridized carbons (Fsp3) is 0.714. The quantitative estimate of drug-likeness (QED) is 0.0246. The molecule has 0 heterocycles. The highest BCUT2D eigenvalue weighted by Crippen LogP contribution is 1.98. The molecular formula is C28H62N12O11S. The monoisotopic (exact) mass is 774 g/mol. The van der Waals surface area contributed by atoms with Crippen LogP contribution in [-0.4, -0.2) is 129 Å². The van der Waals surface area contributed by atoms with Crippen molar-refractivity contribution in [2.45, 2.75) is 95.9 Å². The van der Waals surface area contributed by atoms with Crippen LogP contribution in [0.4, 0.5) is 0 Å². The van der Waals surface area contributed by atoms with Gasteiger partial charge in [-0.25, -0.2) is 4.79 Å². The van der Waals surface area contributed by atoms with Crippen LogP contribution in [0, 0.1) is 16.7 Å². The fourth-order valence-electron chi connectivity index (χ4n) is 2.70. The highest BCUT2D eigenvalue weighted by atomic mass is 32.1. The summed E-state index contributed by atoms with van der Waals surface area (Å²) in [5.41, 5.74) is 35.8. The van der Waals surface area contributed by atoms with Crippen molar-refractivity contribution < 1.29 is 54.3 Å². The summed E-state index contributed by atoms with van der Waals surface area (Å²) in [6.45, 7) is 6.32. The molecule has 0 aromatic carbocycles. The van der Waals surface area contributed by atoms with E-state index in [0.717, 1.165) is 12.8 Å². The molecule has 0 radical (unpaired) electrons. The van der Waals surface area contributed by atoms with E-state index < -0.39 is 60.1 Å². The topological polar surface area (TPSA) is 469 Å². The smallest absolute Gasteiger partial charge is 0.326 e. The molecule has 0 saturated carbocycles. The molecule has 0 fully saturated rings. The van der Waals surface area contributed by atoms with Gasteiger partial charge < -0.3 is 81.6 Å². The maximum absolute atomic E-state index is 10.7. The number of thiol groups is 1. The van der Waals surface area contributed by atoms with Gasteiger partial charge in [0.15, 0.2) is 11.9 Å². The minimum absolute atomic E-state index is 0.0208. The van der Waals surface area contributed by atoms with Gasteiger partial charge in [0.2, 0.25) is 5.91 Å².